The Morgan fingerprint density at radius 2 is 1.88 bits per heavy atom. The number of hydrogen-bond acceptors (Lipinski definition) is 2. The summed E-state index contributed by atoms with van der Waals surface area (Å²) in [6.45, 7) is 8.25. The molecule has 2 nitrogen and oxygen atoms in total. The molecule has 0 amide bonds. The molecule has 94 valence electrons. The Hall–Kier alpha value is -1.02. The highest BCUT2D eigenvalue weighted by atomic mass is 15.2. The van der Waals surface area contributed by atoms with Gasteiger partial charge in [0.15, 0.2) is 0 Å². The van der Waals surface area contributed by atoms with Crippen LogP contribution in [0.1, 0.15) is 45.2 Å². The van der Waals surface area contributed by atoms with Gasteiger partial charge < -0.3 is 5.73 Å². The van der Waals surface area contributed by atoms with Crippen LogP contribution in [0.15, 0.2) is 24.3 Å². The third-order valence-electron chi connectivity index (χ3n) is 4.34. The Morgan fingerprint density at radius 3 is 2.53 bits per heavy atom. The zero-order valence-corrected chi connectivity index (χ0v) is 11.2. The second-order valence-electron chi connectivity index (χ2n) is 5.44. The molecule has 3 atom stereocenters. The van der Waals surface area contributed by atoms with Crippen LogP contribution in [0.25, 0.3) is 0 Å². The van der Waals surface area contributed by atoms with E-state index in [1.165, 1.54) is 24.9 Å². The average molecular weight is 232 g/mol. The SMILES string of the molecule is CC1CCCN(C(C)c2ccc(N)cc2)C1C. The predicted molar refractivity (Wildman–Crippen MR) is 73.8 cm³/mol. The summed E-state index contributed by atoms with van der Waals surface area (Å²) in [6, 6.07) is 9.50. The highest BCUT2D eigenvalue weighted by Crippen LogP contribution is 2.31. The van der Waals surface area contributed by atoms with Crippen molar-refractivity contribution in [2.24, 2.45) is 5.92 Å². The number of hydrogen-bond donors (Lipinski definition) is 1. The molecule has 1 aromatic rings. The maximum Gasteiger partial charge on any atom is 0.0322 e. The van der Waals surface area contributed by atoms with Crippen LogP contribution in [0.5, 0.6) is 0 Å². The first-order chi connectivity index (χ1) is 8.09. The molecule has 1 aliphatic heterocycles. The Labute approximate surface area is 105 Å². The van der Waals surface area contributed by atoms with Crippen molar-refractivity contribution in [2.75, 3.05) is 12.3 Å². The van der Waals surface area contributed by atoms with Gasteiger partial charge in [0, 0.05) is 17.8 Å². The van der Waals surface area contributed by atoms with Crippen LogP contribution in [0.3, 0.4) is 0 Å². The van der Waals surface area contributed by atoms with Crippen molar-refractivity contribution in [3.8, 4) is 0 Å². The van der Waals surface area contributed by atoms with Crippen LogP contribution >= 0.6 is 0 Å². The maximum atomic E-state index is 5.74. The quantitative estimate of drug-likeness (QED) is 0.791. The molecule has 0 radical (unpaired) electrons. The minimum Gasteiger partial charge on any atom is -0.399 e. The van der Waals surface area contributed by atoms with E-state index in [4.69, 9.17) is 5.73 Å². The molecule has 2 rings (SSSR count). The minimum atomic E-state index is 0.494. The van der Waals surface area contributed by atoms with E-state index >= 15 is 0 Å². The van der Waals surface area contributed by atoms with Crippen molar-refractivity contribution in [1.82, 2.24) is 4.90 Å². The molecule has 1 saturated heterocycles. The van der Waals surface area contributed by atoms with Crippen molar-refractivity contribution in [3.63, 3.8) is 0 Å². The van der Waals surface area contributed by atoms with Gasteiger partial charge in [-0.3, -0.25) is 4.90 Å². The van der Waals surface area contributed by atoms with E-state index < -0.39 is 0 Å². The summed E-state index contributed by atoms with van der Waals surface area (Å²) in [5.41, 5.74) is 7.96. The van der Waals surface area contributed by atoms with Crippen molar-refractivity contribution in [1.29, 1.82) is 0 Å². The van der Waals surface area contributed by atoms with E-state index in [2.05, 4.69) is 37.8 Å². The van der Waals surface area contributed by atoms with E-state index in [0.717, 1.165) is 11.6 Å². The zero-order chi connectivity index (χ0) is 12.4. The van der Waals surface area contributed by atoms with E-state index in [-0.39, 0.29) is 0 Å². The Balaban J connectivity index is 2.13. The Kier molecular flexibility index (Phi) is 3.72. The molecule has 2 N–H and O–H groups in total. The summed E-state index contributed by atoms with van der Waals surface area (Å²) in [4.78, 5) is 2.62. The lowest BCUT2D eigenvalue weighted by molar-refractivity contribution is 0.0753. The lowest BCUT2D eigenvalue weighted by atomic mass is 9.90. The van der Waals surface area contributed by atoms with Gasteiger partial charge in [-0.2, -0.15) is 0 Å². The van der Waals surface area contributed by atoms with Crippen LogP contribution in [-0.4, -0.2) is 17.5 Å². The summed E-state index contributed by atoms with van der Waals surface area (Å²) in [5, 5.41) is 0. The van der Waals surface area contributed by atoms with Gasteiger partial charge in [0.2, 0.25) is 0 Å². The first kappa shape index (κ1) is 12.4. The van der Waals surface area contributed by atoms with Crippen molar-refractivity contribution < 1.29 is 0 Å². The fourth-order valence-electron chi connectivity index (χ4n) is 2.88. The van der Waals surface area contributed by atoms with E-state index in [1.807, 2.05) is 12.1 Å². The zero-order valence-electron chi connectivity index (χ0n) is 11.2. The molecule has 2 heteroatoms. The highest BCUT2D eigenvalue weighted by Gasteiger charge is 2.28. The largest absolute Gasteiger partial charge is 0.399 e. The number of anilines is 1. The third-order valence-corrected chi connectivity index (χ3v) is 4.34. The van der Waals surface area contributed by atoms with Crippen LogP contribution in [0.4, 0.5) is 5.69 Å². The van der Waals surface area contributed by atoms with E-state index in [1.54, 1.807) is 0 Å². The van der Waals surface area contributed by atoms with Gasteiger partial charge in [-0.25, -0.2) is 0 Å². The molecule has 0 aromatic heterocycles. The summed E-state index contributed by atoms with van der Waals surface area (Å²) in [5.74, 6) is 0.806. The topological polar surface area (TPSA) is 29.3 Å². The van der Waals surface area contributed by atoms with Gasteiger partial charge >= 0.3 is 0 Å². The molecular weight excluding hydrogens is 208 g/mol. The Morgan fingerprint density at radius 1 is 1.24 bits per heavy atom. The van der Waals surface area contributed by atoms with Crippen LogP contribution in [0, 0.1) is 5.92 Å². The lowest BCUT2D eigenvalue weighted by Gasteiger charge is -2.42. The predicted octanol–water partition coefficient (Wildman–Crippen LogP) is 3.45. The third kappa shape index (κ3) is 2.63. The van der Waals surface area contributed by atoms with Gasteiger partial charge in [0.05, 0.1) is 0 Å². The number of rotatable bonds is 2. The minimum absolute atomic E-state index is 0.494. The molecule has 1 aromatic carbocycles. The summed E-state index contributed by atoms with van der Waals surface area (Å²) in [6.07, 6.45) is 2.69. The molecule has 1 aliphatic rings. The summed E-state index contributed by atoms with van der Waals surface area (Å²) < 4.78 is 0. The molecule has 1 heterocycles. The highest BCUT2D eigenvalue weighted by molar-refractivity contribution is 5.40. The molecule has 17 heavy (non-hydrogen) atoms. The fraction of sp³-hybridized carbons (Fsp3) is 0.600. The Bertz CT molecular complexity index is 358. The van der Waals surface area contributed by atoms with Gasteiger partial charge in [-0.05, 0) is 56.8 Å². The number of nitrogens with zero attached hydrogens (tertiary/aromatic N) is 1. The van der Waals surface area contributed by atoms with Gasteiger partial charge in [-0.15, -0.1) is 0 Å². The molecule has 0 bridgehead atoms. The van der Waals surface area contributed by atoms with Crippen LogP contribution < -0.4 is 5.73 Å². The number of nitrogens with two attached hydrogens (primary N) is 1. The summed E-state index contributed by atoms with van der Waals surface area (Å²) >= 11 is 0. The fourth-order valence-corrected chi connectivity index (χ4v) is 2.88. The number of benzene rings is 1. The first-order valence-electron chi connectivity index (χ1n) is 6.70. The van der Waals surface area contributed by atoms with Crippen LogP contribution in [0.2, 0.25) is 0 Å². The monoisotopic (exact) mass is 232 g/mol. The molecular formula is C15H24N2. The number of likely N-dealkylation sites (tertiary alicyclic amines) is 1. The van der Waals surface area contributed by atoms with E-state index in [0.29, 0.717) is 12.1 Å². The standard InChI is InChI=1S/C15H24N2/c1-11-5-4-10-17(12(11)2)13(3)14-6-8-15(16)9-7-14/h6-9,11-13H,4-5,10,16H2,1-3H3. The number of nitrogen functional groups attached to an aromatic ring is 1. The maximum absolute atomic E-state index is 5.74. The van der Waals surface area contributed by atoms with Crippen LogP contribution in [-0.2, 0) is 0 Å². The summed E-state index contributed by atoms with van der Waals surface area (Å²) in [7, 11) is 0. The van der Waals surface area contributed by atoms with Gasteiger partial charge in [-0.1, -0.05) is 19.1 Å². The average Bonchev–Trinajstić information content (AvgIpc) is 2.33. The molecule has 0 saturated carbocycles. The molecule has 0 spiro atoms. The lowest BCUT2D eigenvalue weighted by Crippen LogP contribution is -2.43. The van der Waals surface area contributed by atoms with Crippen molar-refractivity contribution in [3.05, 3.63) is 29.8 Å². The second-order valence-corrected chi connectivity index (χ2v) is 5.44. The van der Waals surface area contributed by atoms with Crippen molar-refractivity contribution in [2.45, 2.75) is 45.7 Å². The molecule has 0 aliphatic carbocycles. The van der Waals surface area contributed by atoms with E-state index in [9.17, 15) is 0 Å². The second kappa shape index (κ2) is 5.09. The van der Waals surface area contributed by atoms with Crippen molar-refractivity contribution >= 4 is 5.69 Å². The number of piperidine rings is 1. The molecule has 1 fully saturated rings. The van der Waals surface area contributed by atoms with Gasteiger partial charge in [0.1, 0.15) is 0 Å². The first-order valence-corrected chi connectivity index (χ1v) is 6.70. The smallest absolute Gasteiger partial charge is 0.0322 e. The molecule has 3 unspecified atom stereocenters. The normalized spacial score (nSPS) is 27.9. The van der Waals surface area contributed by atoms with Gasteiger partial charge in [0.25, 0.3) is 0 Å².